The number of amides is 1. The van der Waals surface area contributed by atoms with Crippen LogP contribution in [0.1, 0.15) is 37.6 Å². The SMILES string of the molecule is CCCNc1c(F)cccc1C(=O)NC(C)CSCC. The normalized spacial score (nSPS) is 12.0. The zero-order chi connectivity index (χ0) is 15.0. The maximum absolute atomic E-state index is 13.8. The van der Waals surface area contributed by atoms with Gasteiger partial charge in [-0.3, -0.25) is 4.79 Å². The predicted molar refractivity (Wildman–Crippen MR) is 85.1 cm³/mol. The molecular formula is C15H23FN2OS. The van der Waals surface area contributed by atoms with Gasteiger partial charge in [-0.05, 0) is 31.2 Å². The van der Waals surface area contributed by atoms with Crippen molar-refractivity contribution >= 4 is 23.4 Å². The summed E-state index contributed by atoms with van der Waals surface area (Å²) < 4.78 is 13.8. The minimum atomic E-state index is -0.387. The third-order valence-corrected chi connectivity index (χ3v) is 3.90. The maximum atomic E-state index is 13.8. The van der Waals surface area contributed by atoms with Gasteiger partial charge in [0.2, 0.25) is 0 Å². The first-order chi connectivity index (χ1) is 9.60. The first-order valence-electron chi connectivity index (χ1n) is 7.01. The number of nitrogens with one attached hydrogen (secondary N) is 2. The second-order valence-electron chi connectivity index (χ2n) is 4.62. The molecule has 0 aliphatic carbocycles. The number of hydrogen-bond acceptors (Lipinski definition) is 3. The van der Waals surface area contributed by atoms with Crippen molar-refractivity contribution in [3.8, 4) is 0 Å². The molecule has 5 heteroatoms. The van der Waals surface area contributed by atoms with Crippen molar-refractivity contribution in [2.45, 2.75) is 33.2 Å². The number of halogens is 1. The van der Waals surface area contributed by atoms with Crippen LogP contribution in [0.25, 0.3) is 0 Å². The zero-order valence-electron chi connectivity index (χ0n) is 12.3. The largest absolute Gasteiger partial charge is 0.382 e. The van der Waals surface area contributed by atoms with E-state index < -0.39 is 0 Å². The second kappa shape index (κ2) is 8.84. The Hall–Kier alpha value is -1.23. The number of carbonyl (C=O) groups is 1. The van der Waals surface area contributed by atoms with Crippen LogP contribution in [-0.4, -0.2) is 30.0 Å². The zero-order valence-corrected chi connectivity index (χ0v) is 13.1. The van der Waals surface area contributed by atoms with Crippen LogP contribution in [0.3, 0.4) is 0 Å². The minimum Gasteiger partial charge on any atom is -0.382 e. The fraction of sp³-hybridized carbons (Fsp3) is 0.533. The molecule has 1 unspecified atom stereocenters. The van der Waals surface area contributed by atoms with E-state index in [1.165, 1.54) is 6.07 Å². The summed E-state index contributed by atoms with van der Waals surface area (Å²) in [5, 5.41) is 5.90. The van der Waals surface area contributed by atoms with Crippen molar-refractivity contribution < 1.29 is 9.18 Å². The number of benzene rings is 1. The Morgan fingerprint density at radius 3 is 2.80 bits per heavy atom. The molecule has 0 bridgehead atoms. The number of anilines is 1. The highest BCUT2D eigenvalue weighted by molar-refractivity contribution is 7.99. The van der Waals surface area contributed by atoms with Crippen molar-refractivity contribution in [1.29, 1.82) is 0 Å². The summed E-state index contributed by atoms with van der Waals surface area (Å²) in [6.45, 7) is 6.68. The van der Waals surface area contributed by atoms with Gasteiger partial charge in [0.25, 0.3) is 5.91 Å². The molecule has 20 heavy (non-hydrogen) atoms. The lowest BCUT2D eigenvalue weighted by Crippen LogP contribution is -2.34. The van der Waals surface area contributed by atoms with Crippen LogP contribution >= 0.6 is 11.8 Å². The first-order valence-corrected chi connectivity index (χ1v) is 8.16. The van der Waals surface area contributed by atoms with E-state index in [4.69, 9.17) is 0 Å². The Labute approximate surface area is 124 Å². The Kier molecular flexibility index (Phi) is 7.44. The van der Waals surface area contributed by atoms with Gasteiger partial charge in [-0.2, -0.15) is 11.8 Å². The van der Waals surface area contributed by atoms with Crippen LogP contribution in [0.15, 0.2) is 18.2 Å². The lowest BCUT2D eigenvalue weighted by atomic mass is 10.1. The third-order valence-electron chi connectivity index (χ3n) is 2.76. The molecule has 0 aromatic heterocycles. The summed E-state index contributed by atoms with van der Waals surface area (Å²) in [6.07, 6.45) is 0.874. The molecule has 1 atom stereocenters. The van der Waals surface area contributed by atoms with Gasteiger partial charge in [-0.1, -0.05) is 19.9 Å². The van der Waals surface area contributed by atoms with Crippen LogP contribution in [0.5, 0.6) is 0 Å². The molecular weight excluding hydrogens is 275 g/mol. The maximum Gasteiger partial charge on any atom is 0.253 e. The Balaban J connectivity index is 2.78. The summed E-state index contributed by atoms with van der Waals surface area (Å²) in [5.41, 5.74) is 0.661. The number of thioether (sulfide) groups is 1. The summed E-state index contributed by atoms with van der Waals surface area (Å²) in [4.78, 5) is 12.2. The molecule has 0 fully saturated rings. The quantitative estimate of drug-likeness (QED) is 0.771. The fourth-order valence-electron chi connectivity index (χ4n) is 1.78. The molecule has 0 saturated heterocycles. The highest BCUT2D eigenvalue weighted by atomic mass is 32.2. The Morgan fingerprint density at radius 2 is 2.15 bits per heavy atom. The van der Waals surface area contributed by atoms with E-state index in [0.717, 1.165) is 17.9 Å². The van der Waals surface area contributed by atoms with E-state index in [1.807, 2.05) is 13.8 Å². The molecule has 0 aliphatic rings. The lowest BCUT2D eigenvalue weighted by Gasteiger charge is -2.16. The van der Waals surface area contributed by atoms with E-state index >= 15 is 0 Å². The monoisotopic (exact) mass is 298 g/mol. The van der Waals surface area contributed by atoms with Gasteiger partial charge in [0.1, 0.15) is 5.82 Å². The van der Waals surface area contributed by atoms with Gasteiger partial charge in [0, 0.05) is 18.3 Å². The van der Waals surface area contributed by atoms with E-state index in [-0.39, 0.29) is 17.8 Å². The van der Waals surface area contributed by atoms with Crippen LogP contribution in [0.4, 0.5) is 10.1 Å². The van der Waals surface area contributed by atoms with Crippen LogP contribution in [0, 0.1) is 5.82 Å². The fourth-order valence-corrected chi connectivity index (χ4v) is 2.45. The van der Waals surface area contributed by atoms with Gasteiger partial charge in [-0.25, -0.2) is 4.39 Å². The van der Waals surface area contributed by atoms with Crippen molar-refractivity contribution in [2.24, 2.45) is 0 Å². The molecule has 1 aromatic rings. The standard InChI is InChI=1S/C15H23FN2OS/c1-4-9-17-14-12(7-6-8-13(14)16)15(19)18-11(3)10-20-5-2/h6-8,11,17H,4-5,9-10H2,1-3H3,(H,18,19). The molecule has 3 nitrogen and oxygen atoms in total. The van der Waals surface area contributed by atoms with Crippen LogP contribution < -0.4 is 10.6 Å². The Morgan fingerprint density at radius 1 is 1.40 bits per heavy atom. The van der Waals surface area contributed by atoms with Crippen molar-refractivity contribution in [3.05, 3.63) is 29.6 Å². The van der Waals surface area contributed by atoms with Crippen molar-refractivity contribution in [1.82, 2.24) is 5.32 Å². The van der Waals surface area contributed by atoms with Gasteiger partial charge < -0.3 is 10.6 Å². The predicted octanol–water partition coefficient (Wildman–Crippen LogP) is 3.52. The molecule has 1 amide bonds. The number of carbonyl (C=O) groups excluding carboxylic acids is 1. The number of hydrogen-bond donors (Lipinski definition) is 2. The average Bonchev–Trinajstić information content (AvgIpc) is 2.43. The smallest absolute Gasteiger partial charge is 0.253 e. The van der Waals surface area contributed by atoms with Crippen LogP contribution in [0.2, 0.25) is 0 Å². The second-order valence-corrected chi connectivity index (χ2v) is 5.94. The number of rotatable bonds is 8. The lowest BCUT2D eigenvalue weighted by molar-refractivity contribution is 0.0944. The van der Waals surface area contributed by atoms with Crippen LogP contribution in [-0.2, 0) is 0 Å². The minimum absolute atomic E-state index is 0.0646. The summed E-state index contributed by atoms with van der Waals surface area (Å²) in [5.74, 6) is 1.26. The molecule has 0 spiro atoms. The van der Waals surface area contributed by atoms with Gasteiger partial charge in [-0.15, -0.1) is 0 Å². The third kappa shape index (κ3) is 5.04. The van der Waals surface area contributed by atoms with Gasteiger partial charge in [0.15, 0.2) is 0 Å². The highest BCUT2D eigenvalue weighted by Crippen LogP contribution is 2.20. The topological polar surface area (TPSA) is 41.1 Å². The summed E-state index contributed by atoms with van der Waals surface area (Å²) in [7, 11) is 0. The highest BCUT2D eigenvalue weighted by Gasteiger charge is 2.16. The van der Waals surface area contributed by atoms with E-state index in [0.29, 0.717) is 17.8 Å². The Bertz CT molecular complexity index is 440. The molecule has 1 rings (SSSR count). The molecule has 0 radical (unpaired) electrons. The summed E-state index contributed by atoms with van der Waals surface area (Å²) in [6, 6.07) is 4.64. The molecule has 2 N–H and O–H groups in total. The van der Waals surface area contributed by atoms with E-state index in [2.05, 4.69) is 17.6 Å². The first kappa shape index (κ1) is 16.8. The van der Waals surface area contributed by atoms with E-state index in [1.54, 1.807) is 23.9 Å². The van der Waals surface area contributed by atoms with Gasteiger partial charge >= 0.3 is 0 Å². The molecule has 112 valence electrons. The number of para-hydroxylation sites is 1. The van der Waals surface area contributed by atoms with Crippen molar-refractivity contribution in [2.75, 3.05) is 23.4 Å². The van der Waals surface area contributed by atoms with E-state index in [9.17, 15) is 9.18 Å². The van der Waals surface area contributed by atoms with Crippen molar-refractivity contribution in [3.63, 3.8) is 0 Å². The molecule has 0 aliphatic heterocycles. The van der Waals surface area contributed by atoms with Gasteiger partial charge in [0.05, 0.1) is 11.3 Å². The summed E-state index contributed by atoms with van der Waals surface area (Å²) >= 11 is 1.77. The average molecular weight is 298 g/mol. The molecule has 0 heterocycles. The molecule has 1 aromatic carbocycles. The molecule has 0 saturated carbocycles.